The minimum Gasteiger partial charge on any atom is -0.339 e. The van der Waals surface area contributed by atoms with Gasteiger partial charge in [0.2, 0.25) is 0 Å². The molecule has 0 bridgehead atoms. The normalized spacial score (nSPS) is 17.1. The number of hydrogen-bond acceptors (Lipinski definition) is 3. The fourth-order valence-electron chi connectivity index (χ4n) is 1.73. The second kappa shape index (κ2) is 2.67. The average Bonchev–Trinajstić information content (AvgIpc) is 2.48. The number of aromatic nitrogens is 4. The first-order valence-corrected chi connectivity index (χ1v) is 4.78. The molecule has 0 amide bonds. The van der Waals surface area contributed by atoms with Crippen LogP contribution in [0.5, 0.6) is 0 Å². The van der Waals surface area contributed by atoms with Crippen molar-refractivity contribution in [1.82, 2.24) is 19.9 Å². The lowest BCUT2D eigenvalue weighted by molar-refractivity contribution is 0.401. The van der Waals surface area contributed by atoms with Crippen molar-refractivity contribution in [2.75, 3.05) is 0 Å². The second-order valence-corrected chi connectivity index (χ2v) is 3.68. The quantitative estimate of drug-likeness (QED) is 0.702. The Morgan fingerprint density at radius 3 is 3.00 bits per heavy atom. The fourth-order valence-corrected chi connectivity index (χ4v) is 1.73. The molecule has 1 aliphatic rings. The number of rotatable bonds is 1. The van der Waals surface area contributed by atoms with Crippen LogP contribution < -0.4 is 5.56 Å². The van der Waals surface area contributed by atoms with Crippen molar-refractivity contribution in [3.8, 4) is 0 Å². The molecule has 2 N–H and O–H groups in total. The van der Waals surface area contributed by atoms with E-state index in [2.05, 4.69) is 19.9 Å². The van der Waals surface area contributed by atoms with Gasteiger partial charge in [-0.3, -0.25) is 4.79 Å². The van der Waals surface area contributed by atoms with E-state index >= 15 is 0 Å². The molecule has 2 aromatic rings. The van der Waals surface area contributed by atoms with Gasteiger partial charge in [-0.25, -0.2) is 9.97 Å². The van der Waals surface area contributed by atoms with Crippen molar-refractivity contribution in [3.63, 3.8) is 0 Å². The van der Waals surface area contributed by atoms with Crippen LogP contribution in [0.1, 0.15) is 31.0 Å². The molecule has 72 valence electrons. The average molecular weight is 190 g/mol. The first-order valence-electron chi connectivity index (χ1n) is 4.78. The summed E-state index contributed by atoms with van der Waals surface area (Å²) >= 11 is 0. The zero-order chi connectivity index (χ0) is 9.54. The summed E-state index contributed by atoms with van der Waals surface area (Å²) in [4.78, 5) is 25.4. The molecule has 0 spiro atoms. The highest BCUT2D eigenvalue weighted by Crippen LogP contribution is 2.33. The Balaban J connectivity index is 2.21. The lowest BCUT2D eigenvalue weighted by atomic mass is 9.85. The molecule has 5 heteroatoms. The van der Waals surface area contributed by atoms with Crippen molar-refractivity contribution in [2.24, 2.45) is 0 Å². The van der Waals surface area contributed by atoms with Crippen LogP contribution in [0.3, 0.4) is 0 Å². The fraction of sp³-hybridized carbons (Fsp3) is 0.444. The molecule has 5 nitrogen and oxygen atoms in total. The van der Waals surface area contributed by atoms with Crippen molar-refractivity contribution in [3.05, 3.63) is 22.5 Å². The van der Waals surface area contributed by atoms with Gasteiger partial charge in [0.15, 0.2) is 11.2 Å². The summed E-state index contributed by atoms with van der Waals surface area (Å²) in [6, 6.07) is 0. The third-order valence-corrected chi connectivity index (χ3v) is 2.81. The molecular formula is C9H10N4O. The standard InChI is InChI=1S/C9H10N4O/c14-9-6-8(11-4-10-6)12-7(13-9)5-2-1-3-5/h4-5H,1-3H2,(H2,10,11,12,13,14). The predicted molar refractivity (Wildman–Crippen MR) is 51.1 cm³/mol. The van der Waals surface area contributed by atoms with Crippen LogP contribution >= 0.6 is 0 Å². The Bertz CT molecular complexity index is 523. The Labute approximate surface area is 79.6 Å². The molecular weight excluding hydrogens is 180 g/mol. The number of H-pyrrole nitrogens is 2. The topological polar surface area (TPSA) is 74.4 Å². The highest BCUT2D eigenvalue weighted by atomic mass is 16.1. The van der Waals surface area contributed by atoms with E-state index in [-0.39, 0.29) is 5.56 Å². The summed E-state index contributed by atoms with van der Waals surface area (Å²) in [7, 11) is 0. The molecule has 1 fully saturated rings. The molecule has 1 saturated carbocycles. The number of fused-ring (bicyclic) bond motifs is 1. The number of nitrogens with zero attached hydrogens (tertiary/aromatic N) is 2. The van der Waals surface area contributed by atoms with Crippen molar-refractivity contribution < 1.29 is 0 Å². The third-order valence-electron chi connectivity index (χ3n) is 2.81. The molecule has 1 aliphatic carbocycles. The van der Waals surface area contributed by atoms with Crippen LogP contribution in [0.4, 0.5) is 0 Å². The number of imidazole rings is 1. The Hall–Kier alpha value is -1.65. The smallest absolute Gasteiger partial charge is 0.276 e. The minimum absolute atomic E-state index is 0.116. The maximum absolute atomic E-state index is 11.5. The second-order valence-electron chi connectivity index (χ2n) is 3.68. The van der Waals surface area contributed by atoms with Crippen LogP contribution in [-0.4, -0.2) is 19.9 Å². The van der Waals surface area contributed by atoms with E-state index in [1.54, 1.807) is 0 Å². The van der Waals surface area contributed by atoms with Crippen molar-refractivity contribution >= 4 is 11.2 Å². The number of aromatic amines is 2. The molecule has 0 aromatic carbocycles. The summed E-state index contributed by atoms with van der Waals surface area (Å²) in [5, 5.41) is 0. The van der Waals surface area contributed by atoms with Crippen LogP contribution in [0, 0.1) is 0 Å². The summed E-state index contributed by atoms with van der Waals surface area (Å²) < 4.78 is 0. The minimum atomic E-state index is -0.116. The first-order chi connectivity index (χ1) is 6.84. The summed E-state index contributed by atoms with van der Waals surface area (Å²) in [5.41, 5.74) is 0.873. The summed E-state index contributed by atoms with van der Waals surface area (Å²) in [5.74, 6) is 1.23. The highest BCUT2D eigenvalue weighted by molar-refractivity contribution is 5.68. The van der Waals surface area contributed by atoms with Gasteiger partial charge < -0.3 is 9.97 Å². The van der Waals surface area contributed by atoms with E-state index in [0.29, 0.717) is 17.1 Å². The Morgan fingerprint density at radius 2 is 2.29 bits per heavy atom. The van der Waals surface area contributed by atoms with Crippen LogP contribution in [-0.2, 0) is 0 Å². The van der Waals surface area contributed by atoms with Crippen LogP contribution in [0.2, 0.25) is 0 Å². The largest absolute Gasteiger partial charge is 0.339 e. The monoisotopic (exact) mass is 190 g/mol. The van der Waals surface area contributed by atoms with Gasteiger partial charge in [-0.1, -0.05) is 6.42 Å². The summed E-state index contributed by atoms with van der Waals surface area (Å²) in [6.07, 6.45) is 4.97. The summed E-state index contributed by atoms with van der Waals surface area (Å²) in [6.45, 7) is 0. The number of nitrogens with one attached hydrogen (secondary N) is 2. The highest BCUT2D eigenvalue weighted by Gasteiger charge is 2.22. The molecule has 14 heavy (non-hydrogen) atoms. The van der Waals surface area contributed by atoms with Crippen LogP contribution in [0.25, 0.3) is 11.2 Å². The van der Waals surface area contributed by atoms with Gasteiger partial charge in [-0.15, -0.1) is 0 Å². The number of hydrogen-bond donors (Lipinski definition) is 2. The van der Waals surface area contributed by atoms with Gasteiger partial charge in [-0.05, 0) is 12.8 Å². The lowest BCUT2D eigenvalue weighted by Gasteiger charge is -2.23. The van der Waals surface area contributed by atoms with Gasteiger partial charge in [0.05, 0.1) is 6.33 Å². The Morgan fingerprint density at radius 1 is 1.43 bits per heavy atom. The van der Waals surface area contributed by atoms with Gasteiger partial charge in [-0.2, -0.15) is 0 Å². The van der Waals surface area contributed by atoms with E-state index in [4.69, 9.17) is 0 Å². The maximum atomic E-state index is 11.5. The molecule has 3 rings (SSSR count). The van der Waals surface area contributed by atoms with Gasteiger partial charge in [0.25, 0.3) is 5.56 Å². The van der Waals surface area contributed by atoms with Crippen LogP contribution in [0.15, 0.2) is 11.1 Å². The molecule has 0 unspecified atom stereocenters. The van der Waals surface area contributed by atoms with Gasteiger partial charge in [0, 0.05) is 5.92 Å². The Kier molecular flexibility index (Phi) is 1.47. The molecule has 0 atom stereocenters. The van der Waals surface area contributed by atoms with Gasteiger partial charge >= 0.3 is 0 Å². The van der Waals surface area contributed by atoms with E-state index in [1.807, 2.05) is 0 Å². The maximum Gasteiger partial charge on any atom is 0.276 e. The zero-order valence-corrected chi connectivity index (χ0v) is 7.58. The molecule has 0 aliphatic heterocycles. The SMILES string of the molecule is O=c1[nH]c(C2CCC2)nc2nc[nH]c12. The van der Waals surface area contributed by atoms with E-state index in [0.717, 1.165) is 18.7 Å². The van der Waals surface area contributed by atoms with Gasteiger partial charge in [0.1, 0.15) is 5.82 Å². The molecule has 0 saturated heterocycles. The van der Waals surface area contributed by atoms with E-state index < -0.39 is 0 Å². The van der Waals surface area contributed by atoms with E-state index in [9.17, 15) is 4.79 Å². The van der Waals surface area contributed by atoms with Crippen molar-refractivity contribution in [2.45, 2.75) is 25.2 Å². The third kappa shape index (κ3) is 0.982. The van der Waals surface area contributed by atoms with Crippen molar-refractivity contribution in [1.29, 1.82) is 0 Å². The first kappa shape index (κ1) is 7.73. The van der Waals surface area contributed by atoms with E-state index in [1.165, 1.54) is 12.7 Å². The predicted octanol–water partition coefficient (Wildman–Crippen LogP) is 0.914. The lowest BCUT2D eigenvalue weighted by Crippen LogP contribution is -2.18. The zero-order valence-electron chi connectivity index (χ0n) is 7.58. The molecule has 2 heterocycles. The molecule has 2 aromatic heterocycles. The molecule has 0 radical (unpaired) electrons.